The minimum absolute atomic E-state index is 0.285. The summed E-state index contributed by atoms with van der Waals surface area (Å²) in [7, 11) is -1.39. The van der Waals surface area contributed by atoms with Crippen molar-refractivity contribution in [3.05, 3.63) is 54.1 Å². The summed E-state index contributed by atoms with van der Waals surface area (Å²) >= 11 is 0. The SMILES string of the molecule is CN1CCC(Nc2ccc(S(=O)(=O)c3ccccc3)cc2CN)CC1. The predicted octanol–water partition coefficient (Wildman–Crippen LogP) is 2.48. The standard InChI is InChI=1S/C19H25N3O2S/c1-22-11-9-16(10-12-22)21-19-8-7-18(13-15(19)14-20)25(23,24)17-5-3-2-4-6-17/h2-8,13,16,21H,9-12,14,20H2,1H3. The molecule has 0 unspecified atom stereocenters. The van der Waals surface area contributed by atoms with Crippen molar-refractivity contribution < 1.29 is 8.42 Å². The molecular formula is C19H25N3O2S. The molecule has 134 valence electrons. The third-order valence-electron chi connectivity index (χ3n) is 4.74. The summed E-state index contributed by atoms with van der Waals surface area (Å²) in [6, 6.07) is 14.1. The summed E-state index contributed by atoms with van der Waals surface area (Å²) in [6.07, 6.45) is 2.15. The van der Waals surface area contributed by atoms with Gasteiger partial charge in [-0.15, -0.1) is 0 Å². The van der Waals surface area contributed by atoms with Crippen LogP contribution in [-0.2, 0) is 16.4 Å². The molecule has 3 rings (SSSR count). The van der Waals surface area contributed by atoms with Crippen molar-refractivity contribution >= 4 is 15.5 Å². The second-order valence-electron chi connectivity index (χ2n) is 6.56. The summed E-state index contributed by atoms with van der Waals surface area (Å²) in [5, 5.41) is 3.54. The van der Waals surface area contributed by atoms with Crippen molar-refractivity contribution in [1.29, 1.82) is 0 Å². The molecule has 0 aromatic heterocycles. The number of hydrogen-bond donors (Lipinski definition) is 2. The van der Waals surface area contributed by atoms with Gasteiger partial charge in [-0.1, -0.05) is 18.2 Å². The van der Waals surface area contributed by atoms with Gasteiger partial charge in [0, 0.05) is 18.3 Å². The third kappa shape index (κ3) is 4.03. The van der Waals surface area contributed by atoms with E-state index in [-0.39, 0.29) is 4.90 Å². The van der Waals surface area contributed by atoms with Crippen LogP contribution in [0.25, 0.3) is 0 Å². The smallest absolute Gasteiger partial charge is 0.206 e. The van der Waals surface area contributed by atoms with E-state index in [0.29, 0.717) is 17.5 Å². The zero-order chi connectivity index (χ0) is 17.9. The molecule has 0 bridgehead atoms. The number of nitrogens with one attached hydrogen (secondary N) is 1. The van der Waals surface area contributed by atoms with Crippen molar-refractivity contribution in [2.75, 3.05) is 25.5 Å². The van der Waals surface area contributed by atoms with Gasteiger partial charge in [0.1, 0.15) is 0 Å². The van der Waals surface area contributed by atoms with Gasteiger partial charge in [-0.05, 0) is 68.9 Å². The Hall–Kier alpha value is -1.89. The number of nitrogens with zero attached hydrogens (tertiary/aromatic N) is 1. The molecule has 1 aliphatic heterocycles. The highest BCUT2D eigenvalue weighted by molar-refractivity contribution is 7.91. The molecule has 0 aliphatic carbocycles. The van der Waals surface area contributed by atoms with E-state index in [2.05, 4.69) is 17.3 Å². The molecular weight excluding hydrogens is 334 g/mol. The minimum atomic E-state index is -3.52. The number of rotatable bonds is 5. The average Bonchev–Trinajstić information content (AvgIpc) is 2.64. The quantitative estimate of drug-likeness (QED) is 0.858. The lowest BCUT2D eigenvalue weighted by Crippen LogP contribution is -2.36. The van der Waals surface area contributed by atoms with Gasteiger partial charge in [-0.25, -0.2) is 8.42 Å². The Labute approximate surface area is 149 Å². The lowest BCUT2D eigenvalue weighted by atomic mass is 10.0. The summed E-state index contributed by atoms with van der Waals surface area (Å²) < 4.78 is 25.5. The van der Waals surface area contributed by atoms with Crippen LogP contribution in [0, 0.1) is 0 Å². The Bertz CT molecular complexity index is 814. The zero-order valence-corrected chi connectivity index (χ0v) is 15.3. The molecule has 1 heterocycles. The Kier molecular flexibility index (Phi) is 5.42. The molecule has 3 N–H and O–H groups in total. The molecule has 0 spiro atoms. The Balaban J connectivity index is 1.85. The summed E-state index contributed by atoms with van der Waals surface area (Å²) in [5.41, 5.74) is 7.65. The first-order valence-electron chi connectivity index (χ1n) is 8.59. The van der Waals surface area contributed by atoms with E-state index >= 15 is 0 Å². The van der Waals surface area contributed by atoms with E-state index < -0.39 is 9.84 Å². The van der Waals surface area contributed by atoms with E-state index in [1.54, 1.807) is 42.5 Å². The largest absolute Gasteiger partial charge is 0.382 e. The summed E-state index contributed by atoms with van der Waals surface area (Å²) in [4.78, 5) is 2.90. The van der Waals surface area contributed by atoms with Crippen LogP contribution in [0.15, 0.2) is 58.3 Å². The van der Waals surface area contributed by atoms with Crippen LogP contribution in [0.4, 0.5) is 5.69 Å². The van der Waals surface area contributed by atoms with Crippen molar-refractivity contribution in [1.82, 2.24) is 4.90 Å². The van der Waals surface area contributed by atoms with Crippen molar-refractivity contribution in [3.8, 4) is 0 Å². The number of hydrogen-bond acceptors (Lipinski definition) is 5. The van der Waals surface area contributed by atoms with E-state index in [1.165, 1.54) is 0 Å². The van der Waals surface area contributed by atoms with Gasteiger partial charge in [-0.2, -0.15) is 0 Å². The average molecular weight is 359 g/mol. The van der Waals surface area contributed by atoms with E-state index in [9.17, 15) is 8.42 Å². The fourth-order valence-corrected chi connectivity index (χ4v) is 4.49. The molecule has 0 atom stereocenters. The highest BCUT2D eigenvalue weighted by atomic mass is 32.2. The number of nitrogens with two attached hydrogens (primary N) is 1. The van der Waals surface area contributed by atoms with Crippen molar-refractivity contribution in [2.24, 2.45) is 5.73 Å². The van der Waals surface area contributed by atoms with Gasteiger partial charge in [0.2, 0.25) is 9.84 Å². The van der Waals surface area contributed by atoms with Crippen LogP contribution in [-0.4, -0.2) is 39.5 Å². The van der Waals surface area contributed by atoms with Crippen LogP contribution < -0.4 is 11.1 Å². The zero-order valence-electron chi connectivity index (χ0n) is 14.5. The topological polar surface area (TPSA) is 75.4 Å². The molecule has 1 saturated heterocycles. The second-order valence-corrected chi connectivity index (χ2v) is 8.51. The summed E-state index contributed by atoms with van der Waals surface area (Å²) in [6.45, 7) is 2.43. The second kappa shape index (κ2) is 7.56. The molecule has 6 heteroatoms. The molecule has 0 saturated carbocycles. The fourth-order valence-electron chi connectivity index (χ4n) is 3.16. The number of benzene rings is 2. The molecule has 0 amide bonds. The van der Waals surface area contributed by atoms with Gasteiger partial charge in [0.05, 0.1) is 9.79 Å². The van der Waals surface area contributed by atoms with Crippen LogP contribution in [0.1, 0.15) is 18.4 Å². The molecule has 5 nitrogen and oxygen atoms in total. The molecule has 2 aromatic rings. The lowest BCUT2D eigenvalue weighted by Gasteiger charge is -2.30. The van der Waals surface area contributed by atoms with Gasteiger partial charge in [0.15, 0.2) is 0 Å². The van der Waals surface area contributed by atoms with E-state index in [1.807, 2.05) is 6.07 Å². The Morgan fingerprint density at radius 3 is 2.40 bits per heavy atom. The van der Waals surface area contributed by atoms with Gasteiger partial charge in [-0.3, -0.25) is 0 Å². The highest BCUT2D eigenvalue weighted by Crippen LogP contribution is 2.26. The predicted molar refractivity (Wildman–Crippen MR) is 100 cm³/mol. The Morgan fingerprint density at radius 1 is 1.08 bits per heavy atom. The van der Waals surface area contributed by atoms with Crippen LogP contribution in [0.3, 0.4) is 0 Å². The van der Waals surface area contributed by atoms with Gasteiger partial charge >= 0.3 is 0 Å². The van der Waals surface area contributed by atoms with Crippen LogP contribution in [0.2, 0.25) is 0 Å². The first kappa shape index (κ1) is 17.9. The number of likely N-dealkylation sites (tertiary alicyclic amines) is 1. The van der Waals surface area contributed by atoms with Crippen molar-refractivity contribution in [3.63, 3.8) is 0 Å². The number of sulfone groups is 1. The van der Waals surface area contributed by atoms with E-state index in [4.69, 9.17) is 5.73 Å². The molecule has 2 aromatic carbocycles. The third-order valence-corrected chi connectivity index (χ3v) is 6.51. The van der Waals surface area contributed by atoms with Crippen LogP contribution in [0.5, 0.6) is 0 Å². The molecule has 1 aliphatic rings. The monoisotopic (exact) mass is 359 g/mol. The summed E-state index contributed by atoms with van der Waals surface area (Å²) in [5.74, 6) is 0. The normalized spacial score (nSPS) is 16.7. The number of anilines is 1. The van der Waals surface area contributed by atoms with Crippen molar-refractivity contribution in [2.45, 2.75) is 35.2 Å². The molecule has 25 heavy (non-hydrogen) atoms. The fraction of sp³-hybridized carbons (Fsp3) is 0.368. The van der Waals surface area contributed by atoms with E-state index in [0.717, 1.165) is 37.2 Å². The first-order valence-corrected chi connectivity index (χ1v) is 10.1. The maximum atomic E-state index is 12.8. The lowest BCUT2D eigenvalue weighted by molar-refractivity contribution is 0.264. The minimum Gasteiger partial charge on any atom is -0.382 e. The maximum Gasteiger partial charge on any atom is 0.206 e. The highest BCUT2D eigenvalue weighted by Gasteiger charge is 2.20. The van der Waals surface area contributed by atoms with Gasteiger partial charge < -0.3 is 16.0 Å². The number of piperidine rings is 1. The van der Waals surface area contributed by atoms with Crippen LogP contribution >= 0.6 is 0 Å². The Morgan fingerprint density at radius 2 is 1.76 bits per heavy atom. The maximum absolute atomic E-state index is 12.8. The molecule has 1 fully saturated rings. The molecule has 0 radical (unpaired) electrons. The first-order chi connectivity index (χ1) is 12.0. The van der Waals surface area contributed by atoms with Gasteiger partial charge in [0.25, 0.3) is 0 Å².